The van der Waals surface area contributed by atoms with Gasteiger partial charge in [-0.25, -0.2) is 0 Å². The van der Waals surface area contributed by atoms with Crippen molar-refractivity contribution in [2.75, 3.05) is 19.1 Å². The largest absolute Gasteiger partial charge is 0.497 e. The van der Waals surface area contributed by atoms with E-state index in [0.717, 1.165) is 35.0 Å². The number of nitrogens with zero attached hydrogens (tertiary/aromatic N) is 1. The zero-order valence-electron chi connectivity index (χ0n) is 17.7. The summed E-state index contributed by atoms with van der Waals surface area (Å²) in [6.45, 7) is 2.29. The van der Waals surface area contributed by atoms with Gasteiger partial charge in [-0.3, -0.25) is 0 Å². The fourth-order valence-electron chi connectivity index (χ4n) is 3.83. The molecule has 3 nitrogen and oxygen atoms in total. The summed E-state index contributed by atoms with van der Waals surface area (Å²) in [5.41, 5.74) is 4.65. The van der Waals surface area contributed by atoms with E-state index < -0.39 is 0 Å². The number of hydrogen-bond donors (Lipinski definition) is 0. The van der Waals surface area contributed by atoms with Gasteiger partial charge in [0.15, 0.2) is 0 Å². The molecule has 0 saturated heterocycles. The molecule has 0 radical (unpaired) electrons. The lowest BCUT2D eigenvalue weighted by molar-refractivity contribution is 0.415. The van der Waals surface area contributed by atoms with Gasteiger partial charge < -0.3 is 14.4 Å². The Labute approximate surface area is 178 Å². The van der Waals surface area contributed by atoms with Gasteiger partial charge in [0, 0.05) is 22.5 Å². The SMILES string of the molecule is COc1ccc(N(C2=CCC(C)(c3ccccc3)C=C2)c2ccc(OC)cc2)cc1. The number of methoxy groups -OCH3 is 2. The molecule has 4 rings (SSSR count). The zero-order valence-corrected chi connectivity index (χ0v) is 17.7. The van der Waals surface area contributed by atoms with E-state index in [1.807, 2.05) is 24.3 Å². The van der Waals surface area contributed by atoms with E-state index in [-0.39, 0.29) is 5.41 Å². The number of anilines is 2. The van der Waals surface area contributed by atoms with Gasteiger partial charge in [0.25, 0.3) is 0 Å². The maximum Gasteiger partial charge on any atom is 0.119 e. The minimum atomic E-state index is -0.00372. The highest BCUT2D eigenvalue weighted by atomic mass is 16.5. The smallest absolute Gasteiger partial charge is 0.119 e. The Hall–Kier alpha value is -3.46. The van der Waals surface area contributed by atoms with Crippen molar-refractivity contribution in [1.29, 1.82) is 0 Å². The number of rotatable bonds is 6. The van der Waals surface area contributed by atoms with Crippen LogP contribution in [0.2, 0.25) is 0 Å². The fourth-order valence-corrected chi connectivity index (χ4v) is 3.83. The monoisotopic (exact) mass is 397 g/mol. The molecule has 1 atom stereocenters. The van der Waals surface area contributed by atoms with Crippen molar-refractivity contribution in [3.63, 3.8) is 0 Å². The van der Waals surface area contributed by atoms with E-state index in [4.69, 9.17) is 9.47 Å². The van der Waals surface area contributed by atoms with Gasteiger partial charge in [-0.05, 0) is 66.6 Å². The lowest BCUT2D eigenvalue weighted by atomic mass is 9.77. The van der Waals surface area contributed by atoms with Crippen molar-refractivity contribution in [3.8, 4) is 11.5 Å². The molecule has 0 amide bonds. The molecule has 1 unspecified atom stereocenters. The quantitative estimate of drug-likeness (QED) is 0.465. The standard InChI is InChI=1S/C27H27NO2/c1-27(21-7-5-4-6-8-21)19-17-24(18-20-27)28(22-9-13-25(29-2)14-10-22)23-11-15-26(30-3)16-12-23/h4-19H,20H2,1-3H3. The summed E-state index contributed by atoms with van der Waals surface area (Å²) in [4.78, 5) is 2.26. The predicted octanol–water partition coefficient (Wildman–Crippen LogP) is 6.64. The number of ether oxygens (including phenoxy) is 2. The summed E-state index contributed by atoms with van der Waals surface area (Å²) in [7, 11) is 3.38. The second kappa shape index (κ2) is 8.50. The molecule has 0 aliphatic heterocycles. The van der Waals surface area contributed by atoms with Gasteiger partial charge in [0.1, 0.15) is 11.5 Å². The predicted molar refractivity (Wildman–Crippen MR) is 124 cm³/mol. The van der Waals surface area contributed by atoms with Gasteiger partial charge in [-0.2, -0.15) is 0 Å². The molecule has 152 valence electrons. The number of hydrogen-bond acceptors (Lipinski definition) is 3. The Bertz CT molecular complexity index is 989. The van der Waals surface area contributed by atoms with Crippen LogP contribution in [-0.2, 0) is 5.41 Å². The summed E-state index contributed by atoms with van der Waals surface area (Å²) in [5.74, 6) is 1.69. The molecule has 3 aromatic carbocycles. The third-order valence-corrected chi connectivity index (χ3v) is 5.71. The molecule has 1 aliphatic carbocycles. The van der Waals surface area contributed by atoms with Crippen LogP contribution < -0.4 is 14.4 Å². The molecular formula is C27H27NO2. The average molecular weight is 398 g/mol. The molecule has 30 heavy (non-hydrogen) atoms. The van der Waals surface area contributed by atoms with Gasteiger partial charge in [-0.1, -0.05) is 49.4 Å². The van der Waals surface area contributed by atoms with Gasteiger partial charge in [0.05, 0.1) is 14.2 Å². The van der Waals surface area contributed by atoms with Gasteiger partial charge in [0.2, 0.25) is 0 Å². The number of benzene rings is 3. The van der Waals surface area contributed by atoms with Crippen LogP contribution in [-0.4, -0.2) is 14.2 Å². The van der Waals surface area contributed by atoms with Crippen LogP contribution in [0.4, 0.5) is 11.4 Å². The van der Waals surface area contributed by atoms with E-state index in [1.54, 1.807) is 14.2 Å². The fraction of sp³-hybridized carbons (Fsp3) is 0.185. The van der Waals surface area contributed by atoms with Crippen molar-refractivity contribution in [3.05, 3.63) is 108 Å². The van der Waals surface area contributed by atoms with Crippen LogP contribution in [0.1, 0.15) is 18.9 Å². The minimum absolute atomic E-state index is 0.00372. The third-order valence-electron chi connectivity index (χ3n) is 5.71. The molecule has 0 saturated carbocycles. The third kappa shape index (κ3) is 3.97. The van der Waals surface area contributed by atoms with Crippen LogP contribution in [0.3, 0.4) is 0 Å². The maximum atomic E-state index is 5.34. The molecule has 0 N–H and O–H groups in total. The minimum Gasteiger partial charge on any atom is -0.497 e. The summed E-state index contributed by atoms with van der Waals surface area (Å²) >= 11 is 0. The molecule has 1 aliphatic rings. The Morgan fingerprint density at radius 2 is 1.27 bits per heavy atom. The van der Waals surface area contributed by atoms with Gasteiger partial charge in [-0.15, -0.1) is 0 Å². The van der Waals surface area contributed by atoms with Crippen LogP contribution in [0.5, 0.6) is 11.5 Å². The van der Waals surface area contributed by atoms with E-state index in [9.17, 15) is 0 Å². The van der Waals surface area contributed by atoms with Crippen molar-refractivity contribution < 1.29 is 9.47 Å². The highest BCUT2D eigenvalue weighted by Crippen LogP contribution is 2.38. The first-order valence-corrected chi connectivity index (χ1v) is 10.2. The summed E-state index contributed by atoms with van der Waals surface area (Å²) in [6, 6.07) is 27.0. The molecule has 0 spiro atoms. The maximum absolute atomic E-state index is 5.34. The molecule has 0 bridgehead atoms. The first-order valence-electron chi connectivity index (χ1n) is 10.2. The topological polar surface area (TPSA) is 21.7 Å². The molecule has 0 fully saturated rings. The first-order chi connectivity index (χ1) is 14.6. The second-order valence-corrected chi connectivity index (χ2v) is 7.68. The molecule has 0 aromatic heterocycles. The summed E-state index contributed by atoms with van der Waals surface area (Å²) in [6.07, 6.45) is 7.80. The zero-order chi connectivity index (χ0) is 21.0. The van der Waals surface area contributed by atoms with Crippen molar-refractivity contribution in [1.82, 2.24) is 0 Å². The lowest BCUT2D eigenvalue weighted by Crippen LogP contribution is -2.24. The lowest BCUT2D eigenvalue weighted by Gasteiger charge is -2.33. The van der Waals surface area contributed by atoms with Crippen LogP contribution >= 0.6 is 0 Å². The Morgan fingerprint density at radius 3 is 1.70 bits per heavy atom. The van der Waals surface area contributed by atoms with Crippen molar-refractivity contribution in [2.24, 2.45) is 0 Å². The highest BCUT2D eigenvalue weighted by molar-refractivity contribution is 5.71. The van der Waals surface area contributed by atoms with E-state index in [0.29, 0.717) is 0 Å². The number of allylic oxidation sites excluding steroid dienone is 3. The molecular weight excluding hydrogens is 370 g/mol. The van der Waals surface area contributed by atoms with Crippen molar-refractivity contribution >= 4 is 11.4 Å². The Morgan fingerprint density at radius 1 is 0.733 bits per heavy atom. The average Bonchev–Trinajstić information content (AvgIpc) is 2.82. The van der Waals surface area contributed by atoms with Crippen molar-refractivity contribution in [2.45, 2.75) is 18.8 Å². The molecule has 3 heteroatoms. The normalized spacial score (nSPS) is 17.9. The van der Waals surface area contributed by atoms with Crippen LogP contribution in [0, 0.1) is 0 Å². The van der Waals surface area contributed by atoms with Crippen LogP contribution in [0.15, 0.2) is 103 Å². The van der Waals surface area contributed by atoms with E-state index >= 15 is 0 Å². The summed E-state index contributed by atoms with van der Waals surface area (Å²) < 4.78 is 10.7. The Kier molecular flexibility index (Phi) is 5.62. The van der Waals surface area contributed by atoms with E-state index in [2.05, 4.69) is 84.6 Å². The molecule has 3 aromatic rings. The Balaban J connectivity index is 1.70. The van der Waals surface area contributed by atoms with Crippen LogP contribution in [0.25, 0.3) is 0 Å². The van der Waals surface area contributed by atoms with Gasteiger partial charge >= 0.3 is 0 Å². The highest BCUT2D eigenvalue weighted by Gasteiger charge is 2.26. The summed E-state index contributed by atoms with van der Waals surface area (Å²) in [5, 5.41) is 0. The second-order valence-electron chi connectivity index (χ2n) is 7.68. The van der Waals surface area contributed by atoms with E-state index in [1.165, 1.54) is 5.56 Å². The first kappa shape index (κ1) is 19.8. The molecule has 0 heterocycles.